The van der Waals surface area contributed by atoms with E-state index in [0.717, 1.165) is 27.8 Å². The van der Waals surface area contributed by atoms with Crippen LogP contribution >= 0.6 is 0 Å². The van der Waals surface area contributed by atoms with Gasteiger partial charge in [-0.25, -0.2) is 4.98 Å². The van der Waals surface area contributed by atoms with Crippen LogP contribution in [0.3, 0.4) is 0 Å². The van der Waals surface area contributed by atoms with Crippen LogP contribution in [0.25, 0.3) is 83.0 Å². The molecular formula is C48H34N2. The van der Waals surface area contributed by atoms with Crippen LogP contribution in [0.15, 0.2) is 170 Å². The van der Waals surface area contributed by atoms with Gasteiger partial charge in [-0.2, -0.15) is 0 Å². The van der Waals surface area contributed by atoms with E-state index in [1.165, 1.54) is 66.3 Å². The molecule has 2 aromatic heterocycles. The fourth-order valence-electron chi connectivity index (χ4n) is 8.24. The van der Waals surface area contributed by atoms with Crippen LogP contribution in [0, 0.1) is 0 Å². The molecule has 7 aromatic carbocycles. The fourth-order valence-corrected chi connectivity index (χ4v) is 8.24. The van der Waals surface area contributed by atoms with Gasteiger partial charge in [0.05, 0.1) is 22.2 Å². The maximum absolute atomic E-state index is 5.26. The Morgan fingerprint density at radius 3 is 1.88 bits per heavy atom. The molecule has 0 aliphatic heterocycles. The molecule has 0 radical (unpaired) electrons. The van der Waals surface area contributed by atoms with Gasteiger partial charge >= 0.3 is 0 Å². The standard InChI is InChI=1S/C48H34N2/c1-48(2)42-17-9-6-14-38(42)39-23-20-33(30-43(39)48)35-27-36(45-25-22-34-26-32(21-24-44(34)49-45)31-12-4-3-5-13-31)29-37(28-35)50-46-18-10-7-15-40(46)41-16-8-11-19-47(41)50/h3-30H,1-2H3. The van der Waals surface area contributed by atoms with Crippen molar-refractivity contribution in [2.45, 2.75) is 19.3 Å². The molecule has 1 aliphatic carbocycles. The summed E-state index contributed by atoms with van der Waals surface area (Å²) in [5.74, 6) is 0. The van der Waals surface area contributed by atoms with Crippen molar-refractivity contribution in [1.29, 1.82) is 0 Å². The van der Waals surface area contributed by atoms with E-state index < -0.39 is 0 Å². The van der Waals surface area contributed by atoms with Gasteiger partial charge in [0.1, 0.15) is 0 Å². The lowest BCUT2D eigenvalue weighted by molar-refractivity contribution is 0.660. The largest absolute Gasteiger partial charge is 0.309 e. The topological polar surface area (TPSA) is 17.8 Å². The highest BCUT2D eigenvalue weighted by atomic mass is 15.0. The van der Waals surface area contributed by atoms with Gasteiger partial charge in [0.15, 0.2) is 0 Å². The molecule has 10 rings (SSSR count). The third-order valence-electron chi connectivity index (χ3n) is 10.8. The zero-order valence-electron chi connectivity index (χ0n) is 28.1. The number of pyridine rings is 1. The highest BCUT2D eigenvalue weighted by molar-refractivity contribution is 6.09. The lowest BCUT2D eigenvalue weighted by atomic mass is 9.81. The number of hydrogen-bond donors (Lipinski definition) is 0. The Bertz CT molecular complexity index is 2730. The summed E-state index contributed by atoms with van der Waals surface area (Å²) >= 11 is 0. The first kappa shape index (κ1) is 28.7. The first-order chi connectivity index (χ1) is 24.5. The van der Waals surface area contributed by atoms with Crippen LogP contribution in [-0.4, -0.2) is 9.55 Å². The first-order valence-corrected chi connectivity index (χ1v) is 17.4. The van der Waals surface area contributed by atoms with Crippen molar-refractivity contribution in [3.8, 4) is 50.3 Å². The second-order valence-corrected chi connectivity index (χ2v) is 14.0. The van der Waals surface area contributed by atoms with Crippen molar-refractivity contribution in [3.05, 3.63) is 181 Å². The van der Waals surface area contributed by atoms with Crippen LogP contribution in [0.2, 0.25) is 0 Å². The molecule has 9 aromatic rings. The molecule has 1 aliphatic rings. The summed E-state index contributed by atoms with van der Waals surface area (Å²) < 4.78 is 2.41. The van der Waals surface area contributed by atoms with E-state index >= 15 is 0 Å². The van der Waals surface area contributed by atoms with Gasteiger partial charge in [0.25, 0.3) is 0 Å². The molecule has 0 amide bonds. The molecule has 0 N–H and O–H groups in total. The van der Waals surface area contributed by atoms with E-state index in [-0.39, 0.29) is 5.41 Å². The number of fused-ring (bicyclic) bond motifs is 7. The first-order valence-electron chi connectivity index (χ1n) is 17.4. The second-order valence-electron chi connectivity index (χ2n) is 14.0. The minimum Gasteiger partial charge on any atom is -0.309 e. The predicted octanol–water partition coefficient (Wildman–Crippen LogP) is 12.6. The molecule has 0 fully saturated rings. The minimum absolute atomic E-state index is 0.0757. The SMILES string of the molecule is CC1(C)c2ccccc2-c2ccc(-c3cc(-c4ccc5cc(-c6ccccc6)ccc5n4)cc(-n4c5ccccc5c5ccccc54)c3)cc21. The Hall–Kier alpha value is -6.25. The van der Waals surface area contributed by atoms with E-state index in [9.17, 15) is 0 Å². The van der Waals surface area contributed by atoms with Crippen LogP contribution in [0.1, 0.15) is 25.0 Å². The predicted molar refractivity (Wildman–Crippen MR) is 210 cm³/mol. The van der Waals surface area contributed by atoms with Crippen molar-refractivity contribution in [1.82, 2.24) is 9.55 Å². The van der Waals surface area contributed by atoms with Crippen LogP contribution in [0.5, 0.6) is 0 Å². The van der Waals surface area contributed by atoms with E-state index in [4.69, 9.17) is 4.98 Å². The average molecular weight is 639 g/mol. The lowest BCUT2D eigenvalue weighted by Crippen LogP contribution is -2.14. The molecule has 236 valence electrons. The highest BCUT2D eigenvalue weighted by Crippen LogP contribution is 2.49. The third-order valence-corrected chi connectivity index (χ3v) is 10.8. The summed E-state index contributed by atoms with van der Waals surface area (Å²) in [7, 11) is 0. The molecule has 0 spiro atoms. The zero-order valence-corrected chi connectivity index (χ0v) is 28.1. The lowest BCUT2D eigenvalue weighted by Gasteiger charge is -2.22. The summed E-state index contributed by atoms with van der Waals surface area (Å²) in [5.41, 5.74) is 16.7. The Morgan fingerprint density at radius 2 is 1.08 bits per heavy atom. The molecular weight excluding hydrogens is 605 g/mol. The summed E-state index contributed by atoms with van der Waals surface area (Å²) in [5, 5.41) is 3.64. The highest BCUT2D eigenvalue weighted by Gasteiger charge is 2.35. The number of rotatable bonds is 4. The number of aromatic nitrogens is 2. The van der Waals surface area contributed by atoms with E-state index in [2.05, 4.69) is 188 Å². The molecule has 50 heavy (non-hydrogen) atoms. The summed E-state index contributed by atoms with van der Waals surface area (Å²) in [6.07, 6.45) is 0. The average Bonchev–Trinajstić information content (AvgIpc) is 3.63. The van der Waals surface area contributed by atoms with Gasteiger partial charge in [0, 0.05) is 32.8 Å². The molecule has 2 heteroatoms. The van der Waals surface area contributed by atoms with Gasteiger partial charge in [-0.3, -0.25) is 0 Å². The monoisotopic (exact) mass is 638 g/mol. The smallest absolute Gasteiger partial charge is 0.0710 e. The Kier molecular flexibility index (Phi) is 6.25. The minimum atomic E-state index is -0.0757. The molecule has 2 heterocycles. The Balaban J connectivity index is 1.18. The maximum Gasteiger partial charge on any atom is 0.0710 e. The van der Waals surface area contributed by atoms with Crippen LogP contribution in [-0.2, 0) is 5.41 Å². The van der Waals surface area contributed by atoms with Gasteiger partial charge in [-0.1, -0.05) is 129 Å². The Morgan fingerprint density at radius 1 is 0.440 bits per heavy atom. The van der Waals surface area contributed by atoms with Gasteiger partial charge in [-0.05, 0) is 99.1 Å². The zero-order chi connectivity index (χ0) is 33.4. The van der Waals surface area contributed by atoms with Gasteiger partial charge in [-0.15, -0.1) is 0 Å². The molecule has 2 nitrogen and oxygen atoms in total. The molecule has 0 saturated heterocycles. The van der Waals surface area contributed by atoms with Crippen molar-refractivity contribution < 1.29 is 0 Å². The second kappa shape index (κ2) is 10.9. The number of hydrogen-bond acceptors (Lipinski definition) is 1. The molecule has 0 bridgehead atoms. The van der Waals surface area contributed by atoms with Crippen molar-refractivity contribution >= 4 is 32.7 Å². The maximum atomic E-state index is 5.26. The summed E-state index contributed by atoms with van der Waals surface area (Å²) in [6.45, 7) is 4.70. The normalized spacial score (nSPS) is 13.2. The van der Waals surface area contributed by atoms with Crippen LogP contribution < -0.4 is 0 Å². The quantitative estimate of drug-likeness (QED) is 0.188. The molecule has 0 unspecified atom stereocenters. The van der Waals surface area contributed by atoms with Crippen molar-refractivity contribution in [3.63, 3.8) is 0 Å². The van der Waals surface area contributed by atoms with Gasteiger partial charge < -0.3 is 4.57 Å². The van der Waals surface area contributed by atoms with Crippen LogP contribution in [0.4, 0.5) is 0 Å². The van der Waals surface area contributed by atoms with Gasteiger partial charge in [0.2, 0.25) is 0 Å². The number of benzene rings is 7. The van der Waals surface area contributed by atoms with E-state index in [1.54, 1.807) is 0 Å². The summed E-state index contributed by atoms with van der Waals surface area (Å²) in [6, 6.07) is 61.8. The van der Waals surface area contributed by atoms with E-state index in [1.807, 2.05) is 0 Å². The third kappa shape index (κ3) is 4.38. The molecule has 0 atom stereocenters. The van der Waals surface area contributed by atoms with E-state index in [0.29, 0.717) is 0 Å². The Labute approximate surface area is 291 Å². The number of para-hydroxylation sites is 2. The number of nitrogens with zero attached hydrogens (tertiary/aromatic N) is 2. The molecule has 0 saturated carbocycles. The van der Waals surface area contributed by atoms with Crippen molar-refractivity contribution in [2.24, 2.45) is 0 Å². The van der Waals surface area contributed by atoms with Crippen molar-refractivity contribution in [2.75, 3.05) is 0 Å². The fraction of sp³-hybridized carbons (Fsp3) is 0.0625. The summed E-state index contributed by atoms with van der Waals surface area (Å²) in [4.78, 5) is 5.26.